The van der Waals surface area contributed by atoms with E-state index in [1.807, 2.05) is 31.1 Å². The van der Waals surface area contributed by atoms with Gasteiger partial charge < -0.3 is 14.9 Å². The average molecular weight is 503 g/mol. The van der Waals surface area contributed by atoms with E-state index in [0.717, 1.165) is 53.5 Å². The topological polar surface area (TPSA) is 129 Å². The molecule has 10 nitrogen and oxygen atoms in total. The van der Waals surface area contributed by atoms with E-state index in [1.165, 1.54) is 6.26 Å². The fraction of sp³-hybridized carbons (Fsp3) is 0.364. The molecule has 1 aromatic carbocycles. The van der Waals surface area contributed by atoms with Crippen LogP contribution >= 0.6 is 11.3 Å². The van der Waals surface area contributed by atoms with E-state index in [0.29, 0.717) is 28.2 Å². The number of carboxylic acids is 1. The number of benzene rings is 1. The van der Waals surface area contributed by atoms with Crippen LogP contribution in [0.15, 0.2) is 29.2 Å². The molecule has 0 atom stereocenters. The molecule has 0 bridgehead atoms. The van der Waals surface area contributed by atoms with E-state index in [1.54, 1.807) is 19.1 Å². The molecule has 12 heteroatoms. The number of sulfone groups is 1. The third kappa shape index (κ3) is 4.97. The van der Waals surface area contributed by atoms with Gasteiger partial charge in [0.25, 0.3) is 0 Å². The van der Waals surface area contributed by atoms with Gasteiger partial charge >= 0.3 is 5.97 Å². The maximum atomic E-state index is 11.8. The Labute approximate surface area is 202 Å². The highest BCUT2D eigenvalue weighted by molar-refractivity contribution is 7.90. The van der Waals surface area contributed by atoms with Crippen molar-refractivity contribution in [2.24, 2.45) is 0 Å². The summed E-state index contributed by atoms with van der Waals surface area (Å²) in [5.41, 5.74) is 2.45. The van der Waals surface area contributed by atoms with Gasteiger partial charge in [-0.15, -0.1) is 0 Å². The smallest absolute Gasteiger partial charge is 0.347 e. The van der Waals surface area contributed by atoms with Crippen LogP contribution in [-0.2, 0) is 22.8 Å². The predicted molar refractivity (Wildman–Crippen MR) is 132 cm³/mol. The number of nitrogens with zero attached hydrogens (tertiary/aromatic N) is 5. The summed E-state index contributed by atoms with van der Waals surface area (Å²) in [5, 5.41) is 12.8. The van der Waals surface area contributed by atoms with E-state index < -0.39 is 15.8 Å². The first-order valence-corrected chi connectivity index (χ1v) is 13.3. The third-order valence-electron chi connectivity index (χ3n) is 5.48. The lowest BCUT2D eigenvalue weighted by atomic mass is 10.0. The van der Waals surface area contributed by atoms with Gasteiger partial charge in [0, 0.05) is 39.0 Å². The van der Waals surface area contributed by atoms with Gasteiger partial charge in [-0.05, 0) is 37.5 Å². The summed E-state index contributed by atoms with van der Waals surface area (Å²) in [6.07, 6.45) is 2.98. The van der Waals surface area contributed by atoms with E-state index in [4.69, 9.17) is 4.98 Å². The summed E-state index contributed by atoms with van der Waals surface area (Å²) < 4.78 is 23.5. The number of thiazole rings is 1. The minimum atomic E-state index is -3.25. The van der Waals surface area contributed by atoms with Gasteiger partial charge in [-0.1, -0.05) is 23.5 Å². The lowest BCUT2D eigenvalue weighted by Crippen LogP contribution is -2.31. The minimum absolute atomic E-state index is 0.174. The first-order chi connectivity index (χ1) is 16.0. The maximum absolute atomic E-state index is 11.8. The van der Waals surface area contributed by atoms with Crippen LogP contribution in [0.4, 0.5) is 22.7 Å². The zero-order valence-corrected chi connectivity index (χ0v) is 21.0. The van der Waals surface area contributed by atoms with Crippen LogP contribution in [-0.4, -0.2) is 61.3 Å². The molecule has 0 aliphatic carbocycles. The molecule has 0 saturated heterocycles. The molecule has 4 rings (SSSR count). The predicted octanol–water partition coefficient (Wildman–Crippen LogP) is 3.11. The SMILES string of the molecule is Cc1nc(Nc2nc(N(C)C)c3c(n2)N(Cc2ccc(S(C)(=O)=O)cc2)CCC3)sc1C(=O)O. The summed E-state index contributed by atoms with van der Waals surface area (Å²) in [6, 6.07) is 6.89. The van der Waals surface area contributed by atoms with Crippen LogP contribution in [0.1, 0.15) is 32.9 Å². The monoisotopic (exact) mass is 502 g/mol. The highest BCUT2D eigenvalue weighted by Gasteiger charge is 2.25. The zero-order chi connectivity index (χ0) is 24.6. The van der Waals surface area contributed by atoms with Crippen molar-refractivity contribution in [1.29, 1.82) is 0 Å². The zero-order valence-electron chi connectivity index (χ0n) is 19.4. The number of anilines is 4. The highest BCUT2D eigenvalue weighted by Crippen LogP contribution is 2.35. The number of aromatic carboxylic acids is 1. The summed E-state index contributed by atoms with van der Waals surface area (Å²) >= 11 is 1.04. The maximum Gasteiger partial charge on any atom is 0.347 e. The molecule has 0 spiro atoms. The Balaban J connectivity index is 1.67. The molecule has 34 heavy (non-hydrogen) atoms. The summed E-state index contributed by atoms with van der Waals surface area (Å²) in [4.78, 5) is 29.7. The van der Waals surface area contributed by atoms with Crippen molar-refractivity contribution in [1.82, 2.24) is 15.0 Å². The van der Waals surface area contributed by atoms with Gasteiger partial charge in [0.1, 0.15) is 16.5 Å². The van der Waals surface area contributed by atoms with Gasteiger partial charge in [0.2, 0.25) is 5.95 Å². The number of carbonyl (C=O) groups is 1. The van der Waals surface area contributed by atoms with E-state index in [9.17, 15) is 18.3 Å². The van der Waals surface area contributed by atoms with Crippen molar-refractivity contribution in [3.05, 3.63) is 46.0 Å². The molecule has 180 valence electrons. The third-order valence-corrected chi connectivity index (χ3v) is 7.67. The molecule has 3 aromatic rings. The van der Waals surface area contributed by atoms with Gasteiger partial charge in [0.05, 0.1) is 10.6 Å². The Morgan fingerprint density at radius 2 is 1.91 bits per heavy atom. The number of fused-ring (bicyclic) bond motifs is 1. The second-order valence-electron chi connectivity index (χ2n) is 8.37. The summed E-state index contributed by atoms with van der Waals surface area (Å²) in [5.74, 6) is 0.909. The van der Waals surface area contributed by atoms with Crippen molar-refractivity contribution in [2.45, 2.75) is 31.2 Å². The molecule has 1 aliphatic rings. The fourth-order valence-electron chi connectivity index (χ4n) is 3.88. The Morgan fingerprint density at radius 3 is 2.50 bits per heavy atom. The van der Waals surface area contributed by atoms with Crippen LogP contribution in [0.3, 0.4) is 0 Å². The van der Waals surface area contributed by atoms with Crippen LogP contribution < -0.4 is 15.1 Å². The molecular formula is C22H26N6O4S2. The summed E-state index contributed by atoms with van der Waals surface area (Å²) in [6.45, 7) is 3.02. The van der Waals surface area contributed by atoms with Gasteiger partial charge in [-0.3, -0.25) is 5.32 Å². The van der Waals surface area contributed by atoms with Crippen molar-refractivity contribution in [3.8, 4) is 0 Å². The first kappa shape index (κ1) is 23.9. The number of aryl methyl sites for hydroxylation is 1. The van der Waals surface area contributed by atoms with Crippen molar-refractivity contribution in [3.63, 3.8) is 0 Å². The molecule has 3 heterocycles. The van der Waals surface area contributed by atoms with Crippen LogP contribution in [0, 0.1) is 6.92 Å². The van der Waals surface area contributed by atoms with Gasteiger partial charge in [0.15, 0.2) is 15.0 Å². The Kier molecular flexibility index (Phi) is 6.45. The number of carboxylic acid groups (broad SMARTS) is 1. The largest absolute Gasteiger partial charge is 0.477 e. The summed E-state index contributed by atoms with van der Waals surface area (Å²) in [7, 11) is 0.596. The van der Waals surface area contributed by atoms with Gasteiger partial charge in [-0.2, -0.15) is 9.97 Å². The van der Waals surface area contributed by atoms with E-state index >= 15 is 0 Å². The second kappa shape index (κ2) is 9.18. The Morgan fingerprint density at radius 1 is 1.21 bits per heavy atom. The first-order valence-electron chi connectivity index (χ1n) is 10.6. The number of aromatic nitrogens is 3. The molecule has 0 unspecified atom stereocenters. The normalized spacial score (nSPS) is 13.5. The van der Waals surface area contributed by atoms with E-state index in [2.05, 4.69) is 20.2 Å². The molecule has 0 radical (unpaired) electrons. The lowest BCUT2D eigenvalue weighted by Gasteiger charge is -2.32. The van der Waals surface area contributed by atoms with Crippen molar-refractivity contribution in [2.75, 3.05) is 42.0 Å². The molecule has 1 aliphatic heterocycles. The number of rotatable bonds is 7. The Hall–Kier alpha value is -3.25. The van der Waals surface area contributed by atoms with Crippen LogP contribution in [0.2, 0.25) is 0 Å². The quantitative estimate of drug-likeness (QED) is 0.497. The average Bonchev–Trinajstić information content (AvgIpc) is 3.13. The second-order valence-corrected chi connectivity index (χ2v) is 11.4. The molecule has 0 amide bonds. The van der Waals surface area contributed by atoms with Gasteiger partial charge in [-0.25, -0.2) is 18.2 Å². The highest BCUT2D eigenvalue weighted by atomic mass is 32.2. The lowest BCUT2D eigenvalue weighted by molar-refractivity contribution is 0.0701. The molecule has 0 saturated carbocycles. The molecule has 2 N–H and O–H groups in total. The minimum Gasteiger partial charge on any atom is -0.477 e. The Bertz CT molecular complexity index is 1340. The number of nitrogens with one attached hydrogen (secondary N) is 1. The van der Waals surface area contributed by atoms with Crippen LogP contribution in [0.25, 0.3) is 0 Å². The standard InChI is InChI=1S/C22H26N6O4S2/c1-13-17(20(29)30)33-22(23-13)26-21-24-18(27(2)3)16-6-5-11-28(19(16)25-21)12-14-7-9-15(10-8-14)34(4,31)32/h7-10H,5-6,11-12H2,1-4H3,(H,29,30)(H,23,24,25,26). The number of hydrogen-bond acceptors (Lipinski definition) is 10. The molecule has 2 aromatic heterocycles. The van der Waals surface area contributed by atoms with Crippen molar-refractivity contribution >= 4 is 49.9 Å². The number of hydrogen-bond donors (Lipinski definition) is 2. The van der Waals surface area contributed by atoms with E-state index in [-0.39, 0.29) is 4.88 Å². The van der Waals surface area contributed by atoms with Crippen molar-refractivity contribution < 1.29 is 18.3 Å². The fourth-order valence-corrected chi connectivity index (χ4v) is 5.31. The molecular weight excluding hydrogens is 476 g/mol. The molecule has 0 fully saturated rings. The van der Waals surface area contributed by atoms with Crippen LogP contribution in [0.5, 0.6) is 0 Å².